The smallest absolute Gasteiger partial charge is 0.416 e. The molecule has 8 nitrogen and oxygen atoms in total. The third kappa shape index (κ3) is 4.65. The molecule has 1 unspecified atom stereocenters. The summed E-state index contributed by atoms with van der Waals surface area (Å²) in [7, 11) is 0. The minimum Gasteiger partial charge on any atom is -0.454 e. The molecule has 1 fully saturated rings. The van der Waals surface area contributed by atoms with Gasteiger partial charge in [0.15, 0.2) is 17.1 Å². The van der Waals surface area contributed by atoms with Crippen LogP contribution in [0.4, 0.5) is 19.0 Å². The molecule has 2 aromatic carbocycles. The quantitative estimate of drug-likeness (QED) is 0.340. The number of fused-ring (bicyclic) bond motifs is 2. The standard InChI is InChI=1S/C28H27F3N4O4/c1-2-37-15-21-26(18-8-9-23-24(12-18)39-16-38-23)27-32-25(34-10-4-7-20(34)14-36)13-22(35(27)33-21)17-5-3-6-19(11-17)28(29,30)31/h3,5-6,8-9,11-13,20,36H,2,4,7,10,14-16H2,1H3. The fourth-order valence-electron chi connectivity index (χ4n) is 5.23. The van der Waals surface area contributed by atoms with E-state index in [4.69, 9.17) is 24.3 Å². The third-order valence-corrected chi connectivity index (χ3v) is 7.12. The van der Waals surface area contributed by atoms with Crippen LogP contribution < -0.4 is 14.4 Å². The Kier molecular flexibility index (Phi) is 6.56. The highest BCUT2D eigenvalue weighted by molar-refractivity contribution is 5.84. The summed E-state index contributed by atoms with van der Waals surface area (Å²) in [5, 5.41) is 14.8. The van der Waals surface area contributed by atoms with Crippen molar-refractivity contribution < 1.29 is 32.5 Å². The third-order valence-electron chi connectivity index (χ3n) is 7.12. The van der Waals surface area contributed by atoms with Gasteiger partial charge in [0.2, 0.25) is 6.79 Å². The number of halogens is 3. The molecule has 1 saturated heterocycles. The van der Waals surface area contributed by atoms with Crippen LogP contribution in [0, 0.1) is 0 Å². The van der Waals surface area contributed by atoms with Gasteiger partial charge in [0.1, 0.15) is 5.82 Å². The van der Waals surface area contributed by atoms with Gasteiger partial charge in [-0.05, 0) is 49.6 Å². The van der Waals surface area contributed by atoms with E-state index in [0.717, 1.165) is 30.5 Å². The summed E-state index contributed by atoms with van der Waals surface area (Å²) in [4.78, 5) is 6.99. The van der Waals surface area contributed by atoms with Crippen LogP contribution in [0.2, 0.25) is 0 Å². The first-order valence-electron chi connectivity index (χ1n) is 12.8. The summed E-state index contributed by atoms with van der Waals surface area (Å²) in [5.74, 6) is 1.78. The van der Waals surface area contributed by atoms with Crippen LogP contribution in [0.3, 0.4) is 0 Å². The molecule has 2 aliphatic heterocycles. The van der Waals surface area contributed by atoms with Crippen molar-refractivity contribution >= 4 is 11.5 Å². The lowest BCUT2D eigenvalue weighted by molar-refractivity contribution is -0.137. The predicted molar refractivity (Wildman–Crippen MR) is 138 cm³/mol. The zero-order valence-corrected chi connectivity index (χ0v) is 21.2. The SMILES string of the molecule is CCOCc1nn2c(-c3cccc(C(F)(F)F)c3)cc(N3CCCC3CO)nc2c1-c1ccc2c(c1)OCO2. The summed E-state index contributed by atoms with van der Waals surface area (Å²) < 4.78 is 59.3. The molecule has 2 aromatic heterocycles. The number of aromatic nitrogens is 3. The van der Waals surface area contributed by atoms with Crippen LogP contribution in [-0.2, 0) is 17.5 Å². The highest BCUT2D eigenvalue weighted by Gasteiger charge is 2.32. The fraction of sp³-hybridized carbons (Fsp3) is 0.357. The molecule has 0 amide bonds. The van der Waals surface area contributed by atoms with Crippen LogP contribution in [0.1, 0.15) is 31.0 Å². The molecule has 4 aromatic rings. The number of alkyl halides is 3. The van der Waals surface area contributed by atoms with Gasteiger partial charge in [-0.25, -0.2) is 9.50 Å². The van der Waals surface area contributed by atoms with Crippen LogP contribution >= 0.6 is 0 Å². The van der Waals surface area contributed by atoms with Crippen LogP contribution in [0.5, 0.6) is 11.5 Å². The van der Waals surface area contributed by atoms with Crippen molar-refractivity contribution in [1.82, 2.24) is 14.6 Å². The summed E-state index contributed by atoms with van der Waals surface area (Å²) in [6, 6.07) is 12.3. The first kappa shape index (κ1) is 25.4. The minimum atomic E-state index is -4.50. The van der Waals surface area contributed by atoms with E-state index >= 15 is 0 Å². The molecule has 0 spiro atoms. The molecule has 0 radical (unpaired) electrons. The van der Waals surface area contributed by atoms with E-state index < -0.39 is 11.7 Å². The second-order valence-electron chi connectivity index (χ2n) is 9.51. The molecular formula is C28H27F3N4O4. The van der Waals surface area contributed by atoms with Gasteiger partial charge in [0, 0.05) is 24.8 Å². The average Bonchev–Trinajstić information content (AvgIpc) is 3.68. The van der Waals surface area contributed by atoms with Crippen LogP contribution in [-0.4, -0.2) is 52.3 Å². The fourth-order valence-corrected chi connectivity index (χ4v) is 5.23. The molecule has 11 heteroatoms. The molecule has 6 rings (SSSR count). The number of anilines is 1. The van der Waals surface area contributed by atoms with Gasteiger partial charge in [-0.3, -0.25) is 0 Å². The number of benzene rings is 2. The van der Waals surface area contributed by atoms with Crippen LogP contribution in [0.15, 0.2) is 48.5 Å². The Morgan fingerprint density at radius 1 is 1.08 bits per heavy atom. The van der Waals surface area contributed by atoms with Crippen molar-refractivity contribution in [3.8, 4) is 33.9 Å². The Morgan fingerprint density at radius 3 is 2.72 bits per heavy atom. The normalized spacial score (nSPS) is 16.9. The van der Waals surface area contributed by atoms with Crippen molar-refractivity contribution in [2.75, 3.05) is 31.5 Å². The van der Waals surface area contributed by atoms with Crippen molar-refractivity contribution in [2.45, 2.75) is 38.6 Å². The van der Waals surface area contributed by atoms with E-state index in [1.165, 1.54) is 6.07 Å². The van der Waals surface area contributed by atoms with E-state index in [2.05, 4.69) is 0 Å². The lowest BCUT2D eigenvalue weighted by Gasteiger charge is -2.25. The minimum absolute atomic E-state index is 0.0460. The molecule has 0 bridgehead atoms. The number of hydrogen-bond acceptors (Lipinski definition) is 7. The highest BCUT2D eigenvalue weighted by atomic mass is 19.4. The van der Waals surface area contributed by atoms with Gasteiger partial charge < -0.3 is 24.2 Å². The first-order valence-corrected chi connectivity index (χ1v) is 12.8. The van der Waals surface area contributed by atoms with Crippen molar-refractivity contribution in [2.24, 2.45) is 0 Å². The second-order valence-corrected chi connectivity index (χ2v) is 9.51. The largest absolute Gasteiger partial charge is 0.454 e. The van der Waals surface area contributed by atoms with Crippen LogP contribution in [0.25, 0.3) is 28.0 Å². The maximum atomic E-state index is 13.6. The second kappa shape index (κ2) is 10.0. The number of rotatable bonds is 7. The number of hydrogen-bond donors (Lipinski definition) is 1. The molecule has 204 valence electrons. The average molecular weight is 541 g/mol. The Bertz CT molecular complexity index is 1520. The number of ether oxygens (including phenoxy) is 3. The zero-order chi connectivity index (χ0) is 27.1. The number of aliphatic hydroxyl groups excluding tert-OH is 1. The number of nitrogens with zero attached hydrogens (tertiary/aromatic N) is 4. The van der Waals surface area contributed by atoms with Gasteiger partial charge in [0.05, 0.1) is 41.8 Å². The maximum Gasteiger partial charge on any atom is 0.416 e. The molecule has 2 aliphatic rings. The Labute approximate surface area is 222 Å². The molecule has 0 saturated carbocycles. The van der Waals surface area contributed by atoms with Crippen molar-refractivity contribution in [3.63, 3.8) is 0 Å². The van der Waals surface area contributed by atoms with Gasteiger partial charge in [-0.2, -0.15) is 18.3 Å². The van der Waals surface area contributed by atoms with E-state index in [0.29, 0.717) is 58.6 Å². The van der Waals surface area contributed by atoms with E-state index in [9.17, 15) is 18.3 Å². The summed E-state index contributed by atoms with van der Waals surface area (Å²) in [5.41, 5.74) is 2.57. The topological polar surface area (TPSA) is 81.4 Å². The van der Waals surface area contributed by atoms with Gasteiger partial charge >= 0.3 is 6.18 Å². The maximum absolute atomic E-state index is 13.6. The van der Waals surface area contributed by atoms with E-state index in [1.807, 2.05) is 30.0 Å². The summed E-state index contributed by atoms with van der Waals surface area (Å²) in [6.07, 6.45) is -2.82. The Balaban J connectivity index is 1.62. The monoisotopic (exact) mass is 540 g/mol. The summed E-state index contributed by atoms with van der Waals surface area (Å²) in [6.45, 7) is 3.27. The van der Waals surface area contributed by atoms with Crippen molar-refractivity contribution in [1.29, 1.82) is 0 Å². The lowest BCUT2D eigenvalue weighted by Crippen LogP contribution is -2.32. The van der Waals surface area contributed by atoms with Crippen molar-refractivity contribution in [3.05, 3.63) is 59.8 Å². The van der Waals surface area contributed by atoms with E-state index in [-0.39, 0.29) is 26.0 Å². The number of aliphatic hydroxyl groups is 1. The lowest BCUT2D eigenvalue weighted by atomic mass is 10.0. The highest BCUT2D eigenvalue weighted by Crippen LogP contribution is 2.40. The molecule has 1 atom stereocenters. The molecule has 1 N–H and O–H groups in total. The zero-order valence-electron chi connectivity index (χ0n) is 21.2. The molecular weight excluding hydrogens is 513 g/mol. The van der Waals surface area contributed by atoms with E-state index in [1.54, 1.807) is 16.6 Å². The molecule has 39 heavy (non-hydrogen) atoms. The molecule has 4 heterocycles. The molecule has 0 aliphatic carbocycles. The predicted octanol–water partition coefficient (Wildman–Crippen LogP) is 5.31. The van der Waals surface area contributed by atoms with Gasteiger partial charge in [0.25, 0.3) is 0 Å². The Hall–Kier alpha value is -3.83. The van der Waals surface area contributed by atoms with Gasteiger partial charge in [-0.1, -0.05) is 18.2 Å². The Morgan fingerprint density at radius 2 is 1.92 bits per heavy atom. The first-order chi connectivity index (χ1) is 18.9. The summed E-state index contributed by atoms with van der Waals surface area (Å²) >= 11 is 0. The van der Waals surface area contributed by atoms with Gasteiger partial charge in [-0.15, -0.1) is 0 Å².